The third-order valence-electron chi connectivity index (χ3n) is 3.80. The zero-order valence-electron chi connectivity index (χ0n) is 13.4. The van der Waals surface area contributed by atoms with Crippen molar-refractivity contribution in [1.29, 1.82) is 0 Å². The molecule has 0 radical (unpaired) electrons. The van der Waals surface area contributed by atoms with E-state index in [0.717, 1.165) is 30.4 Å². The van der Waals surface area contributed by atoms with Crippen molar-refractivity contribution in [3.63, 3.8) is 0 Å². The fourth-order valence-corrected chi connectivity index (χ4v) is 2.78. The molecule has 4 nitrogen and oxygen atoms in total. The van der Waals surface area contributed by atoms with Gasteiger partial charge in [0.25, 0.3) is 0 Å². The molecule has 1 aliphatic carbocycles. The van der Waals surface area contributed by atoms with E-state index in [0.29, 0.717) is 12.2 Å². The third-order valence-corrected chi connectivity index (χ3v) is 3.80. The van der Waals surface area contributed by atoms with Crippen molar-refractivity contribution >= 4 is 17.5 Å². The van der Waals surface area contributed by atoms with Gasteiger partial charge in [0.15, 0.2) is 0 Å². The maximum absolute atomic E-state index is 11.9. The first-order chi connectivity index (χ1) is 10.5. The molecule has 0 fully saturated rings. The molecule has 1 aromatic carbocycles. The molecular formula is C18H24N2O2. The summed E-state index contributed by atoms with van der Waals surface area (Å²) in [6.45, 7) is 4.44. The molecule has 0 atom stereocenters. The second kappa shape index (κ2) is 7.78. The molecule has 2 rings (SSSR count). The molecule has 4 heteroatoms. The average molecular weight is 300 g/mol. The first-order valence-electron chi connectivity index (χ1n) is 7.90. The first kappa shape index (κ1) is 16.3. The minimum Gasteiger partial charge on any atom is -0.348 e. The predicted molar refractivity (Wildman–Crippen MR) is 88.7 cm³/mol. The second-order valence-corrected chi connectivity index (χ2v) is 5.94. The summed E-state index contributed by atoms with van der Waals surface area (Å²) in [6, 6.07) is 5.73. The van der Waals surface area contributed by atoms with Crippen LogP contribution in [-0.4, -0.2) is 18.4 Å². The van der Waals surface area contributed by atoms with Crippen LogP contribution in [-0.2, 0) is 9.59 Å². The Hall–Kier alpha value is -2.10. The Balaban J connectivity index is 1.79. The Bertz CT molecular complexity index is 570. The van der Waals surface area contributed by atoms with Gasteiger partial charge in [0.05, 0.1) is 0 Å². The van der Waals surface area contributed by atoms with Gasteiger partial charge in [0, 0.05) is 12.2 Å². The Labute approximate surface area is 132 Å². The first-order valence-corrected chi connectivity index (χ1v) is 7.90. The number of amides is 2. The minimum atomic E-state index is -0.609. The van der Waals surface area contributed by atoms with Gasteiger partial charge in [-0.15, -0.1) is 0 Å². The smallest absolute Gasteiger partial charge is 0.313 e. The van der Waals surface area contributed by atoms with Crippen molar-refractivity contribution in [2.75, 3.05) is 11.9 Å². The van der Waals surface area contributed by atoms with Crippen LogP contribution >= 0.6 is 0 Å². The van der Waals surface area contributed by atoms with Crippen molar-refractivity contribution in [3.8, 4) is 0 Å². The number of hydrogen-bond acceptors (Lipinski definition) is 2. The number of aryl methyl sites for hydroxylation is 2. The van der Waals surface area contributed by atoms with Gasteiger partial charge >= 0.3 is 11.8 Å². The van der Waals surface area contributed by atoms with Gasteiger partial charge in [-0.3, -0.25) is 9.59 Å². The van der Waals surface area contributed by atoms with Crippen molar-refractivity contribution in [2.45, 2.75) is 46.0 Å². The lowest BCUT2D eigenvalue weighted by atomic mass is 9.97. The molecule has 0 spiro atoms. The van der Waals surface area contributed by atoms with Gasteiger partial charge in [-0.25, -0.2) is 0 Å². The minimum absolute atomic E-state index is 0.519. The number of carbonyl (C=O) groups excluding carboxylic acids is 2. The number of anilines is 1. The molecule has 22 heavy (non-hydrogen) atoms. The standard InChI is InChI=1S/C18H24N2O2/c1-13-10-14(2)12-16(11-13)20-18(22)17(21)19-9-8-15-6-4-3-5-7-15/h6,10-12H,3-5,7-9H2,1-2H3,(H,19,21)(H,20,22). The van der Waals surface area contributed by atoms with Crippen molar-refractivity contribution < 1.29 is 9.59 Å². The van der Waals surface area contributed by atoms with Gasteiger partial charge in [-0.05, 0) is 69.2 Å². The van der Waals surface area contributed by atoms with Gasteiger partial charge < -0.3 is 10.6 Å². The van der Waals surface area contributed by atoms with E-state index >= 15 is 0 Å². The Morgan fingerprint density at radius 2 is 1.77 bits per heavy atom. The number of allylic oxidation sites excluding steroid dienone is 1. The molecule has 1 aromatic rings. The van der Waals surface area contributed by atoms with Crippen molar-refractivity contribution in [2.24, 2.45) is 0 Å². The van der Waals surface area contributed by atoms with E-state index < -0.39 is 11.8 Å². The highest BCUT2D eigenvalue weighted by Crippen LogP contribution is 2.19. The molecule has 0 bridgehead atoms. The number of carbonyl (C=O) groups is 2. The van der Waals surface area contributed by atoms with Crippen LogP contribution in [0, 0.1) is 13.8 Å². The van der Waals surface area contributed by atoms with E-state index in [4.69, 9.17) is 0 Å². The molecular weight excluding hydrogens is 276 g/mol. The maximum atomic E-state index is 11.9. The Morgan fingerprint density at radius 1 is 1.05 bits per heavy atom. The Morgan fingerprint density at radius 3 is 2.41 bits per heavy atom. The highest BCUT2D eigenvalue weighted by Gasteiger charge is 2.13. The normalized spacial score (nSPS) is 14.2. The van der Waals surface area contributed by atoms with Crippen LogP contribution in [0.25, 0.3) is 0 Å². The quantitative estimate of drug-likeness (QED) is 0.662. The highest BCUT2D eigenvalue weighted by molar-refractivity contribution is 6.39. The molecule has 2 N–H and O–H groups in total. The molecule has 2 amide bonds. The summed E-state index contributed by atoms with van der Waals surface area (Å²) in [7, 11) is 0. The Kier molecular flexibility index (Phi) is 5.75. The molecule has 0 saturated carbocycles. The molecule has 0 saturated heterocycles. The molecule has 0 unspecified atom stereocenters. The number of nitrogens with one attached hydrogen (secondary N) is 2. The summed E-state index contributed by atoms with van der Waals surface area (Å²) >= 11 is 0. The fourth-order valence-electron chi connectivity index (χ4n) is 2.78. The maximum Gasteiger partial charge on any atom is 0.313 e. The lowest BCUT2D eigenvalue weighted by Gasteiger charge is -2.13. The molecule has 0 heterocycles. The zero-order valence-corrected chi connectivity index (χ0v) is 13.4. The van der Waals surface area contributed by atoms with E-state index in [-0.39, 0.29) is 0 Å². The van der Waals surface area contributed by atoms with Gasteiger partial charge in [-0.2, -0.15) is 0 Å². The second-order valence-electron chi connectivity index (χ2n) is 5.94. The molecule has 118 valence electrons. The van der Waals surface area contributed by atoms with E-state index in [9.17, 15) is 9.59 Å². The van der Waals surface area contributed by atoms with Crippen LogP contribution in [0.2, 0.25) is 0 Å². The number of benzene rings is 1. The average Bonchev–Trinajstić information content (AvgIpc) is 2.47. The summed E-state index contributed by atoms with van der Waals surface area (Å²) < 4.78 is 0. The van der Waals surface area contributed by atoms with Crippen LogP contribution in [0.1, 0.15) is 43.2 Å². The SMILES string of the molecule is Cc1cc(C)cc(NC(=O)C(=O)NCCC2=CCCCC2)c1. The van der Waals surface area contributed by atoms with Gasteiger partial charge in [-0.1, -0.05) is 17.7 Å². The summed E-state index contributed by atoms with van der Waals surface area (Å²) in [4.78, 5) is 23.7. The third kappa shape index (κ3) is 5.02. The molecule has 1 aliphatic rings. The van der Waals surface area contributed by atoms with E-state index in [1.54, 1.807) is 0 Å². The van der Waals surface area contributed by atoms with Gasteiger partial charge in [0.2, 0.25) is 0 Å². The van der Waals surface area contributed by atoms with Crippen LogP contribution in [0.15, 0.2) is 29.8 Å². The van der Waals surface area contributed by atoms with Gasteiger partial charge in [0.1, 0.15) is 0 Å². The number of rotatable bonds is 4. The van der Waals surface area contributed by atoms with E-state index in [2.05, 4.69) is 16.7 Å². The van der Waals surface area contributed by atoms with Crippen LogP contribution in [0.4, 0.5) is 5.69 Å². The highest BCUT2D eigenvalue weighted by atomic mass is 16.2. The van der Waals surface area contributed by atoms with Crippen LogP contribution < -0.4 is 10.6 Å². The molecule has 0 aromatic heterocycles. The predicted octanol–water partition coefficient (Wildman–Crippen LogP) is 3.25. The summed E-state index contributed by atoms with van der Waals surface area (Å²) in [5.41, 5.74) is 4.16. The lowest BCUT2D eigenvalue weighted by molar-refractivity contribution is -0.136. The van der Waals surface area contributed by atoms with Crippen molar-refractivity contribution in [3.05, 3.63) is 41.0 Å². The zero-order chi connectivity index (χ0) is 15.9. The molecule has 0 aliphatic heterocycles. The summed E-state index contributed by atoms with van der Waals surface area (Å²) in [5, 5.41) is 5.33. The van der Waals surface area contributed by atoms with Crippen LogP contribution in [0.3, 0.4) is 0 Å². The van der Waals surface area contributed by atoms with E-state index in [1.807, 2.05) is 32.0 Å². The van der Waals surface area contributed by atoms with Crippen LogP contribution in [0.5, 0.6) is 0 Å². The fraction of sp³-hybridized carbons (Fsp3) is 0.444. The number of hydrogen-bond donors (Lipinski definition) is 2. The topological polar surface area (TPSA) is 58.2 Å². The summed E-state index contributed by atoms with van der Waals surface area (Å²) in [6.07, 6.45) is 7.83. The largest absolute Gasteiger partial charge is 0.348 e. The summed E-state index contributed by atoms with van der Waals surface area (Å²) in [5.74, 6) is -1.18. The van der Waals surface area contributed by atoms with E-state index in [1.165, 1.54) is 18.4 Å². The van der Waals surface area contributed by atoms with Crippen molar-refractivity contribution in [1.82, 2.24) is 5.32 Å². The monoisotopic (exact) mass is 300 g/mol. The lowest BCUT2D eigenvalue weighted by Crippen LogP contribution is -2.36.